The Hall–Kier alpha value is -1.75. The van der Waals surface area contributed by atoms with Crippen LogP contribution in [0.4, 0.5) is 5.69 Å². The van der Waals surface area contributed by atoms with Gasteiger partial charge in [-0.2, -0.15) is 0 Å². The summed E-state index contributed by atoms with van der Waals surface area (Å²) in [4.78, 5) is 4.61. The Labute approximate surface area is 154 Å². The smallest absolute Gasteiger partial charge is 0.119 e. The van der Waals surface area contributed by atoms with Crippen LogP contribution in [0.3, 0.4) is 0 Å². The molecule has 5 heteroatoms. The quantitative estimate of drug-likeness (QED) is 0.858. The Kier molecular flexibility index (Phi) is 6.19. The fraction of sp³-hybridized carbons (Fsp3) is 0.400. The summed E-state index contributed by atoms with van der Waals surface area (Å²) in [5.41, 5.74) is 2.32. The molecule has 3 rings (SSSR count). The van der Waals surface area contributed by atoms with Crippen LogP contribution in [0.5, 0.6) is 5.75 Å². The van der Waals surface area contributed by atoms with Gasteiger partial charge in [0.2, 0.25) is 0 Å². The third-order valence-corrected chi connectivity index (χ3v) is 4.68. The van der Waals surface area contributed by atoms with Crippen molar-refractivity contribution in [2.45, 2.75) is 13.0 Å². The maximum absolute atomic E-state index is 10.3. The molecule has 134 valence electrons. The van der Waals surface area contributed by atoms with Crippen LogP contribution < -0.4 is 9.64 Å². The first-order valence-electron chi connectivity index (χ1n) is 8.70. The van der Waals surface area contributed by atoms with Crippen LogP contribution in [0, 0.1) is 6.92 Å². The predicted octanol–water partition coefficient (Wildman–Crippen LogP) is 3.21. The van der Waals surface area contributed by atoms with Gasteiger partial charge in [-0.3, -0.25) is 4.90 Å². The van der Waals surface area contributed by atoms with Crippen LogP contribution >= 0.6 is 11.6 Å². The molecular weight excluding hydrogens is 336 g/mol. The van der Waals surface area contributed by atoms with E-state index < -0.39 is 6.10 Å². The van der Waals surface area contributed by atoms with Gasteiger partial charge in [0.05, 0.1) is 0 Å². The minimum atomic E-state index is -0.488. The minimum Gasteiger partial charge on any atom is -0.491 e. The van der Waals surface area contributed by atoms with Crippen molar-refractivity contribution < 1.29 is 9.84 Å². The summed E-state index contributed by atoms with van der Waals surface area (Å²) in [5.74, 6) is 0.810. The number of piperazine rings is 1. The number of aryl methyl sites for hydroxylation is 1. The Balaban J connectivity index is 1.42. The highest BCUT2D eigenvalue weighted by Crippen LogP contribution is 2.21. The molecule has 0 spiro atoms. The lowest BCUT2D eigenvalue weighted by Crippen LogP contribution is -2.49. The monoisotopic (exact) mass is 360 g/mol. The highest BCUT2D eigenvalue weighted by molar-refractivity contribution is 6.30. The number of ether oxygens (including phenoxy) is 1. The molecule has 0 radical (unpaired) electrons. The lowest BCUT2D eigenvalue weighted by molar-refractivity contribution is 0.0663. The number of nitrogens with zero attached hydrogens (tertiary/aromatic N) is 2. The second-order valence-electron chi connectivity index (χ2n) is 6.55. The van der Waals surface area contributed by atoms with Gasteiger partial charge >= 0.3 is 0 Å². The maximum Gasteiger partial charge on any atom is 0.119 e. The lowest BCUT2D eigenvalue weighted by Gasteiger charge is -2.36. The molecule has 0 saturated carbocycles. The summed E-state index contributed by atoms with van der Waals surface area (Å²) in [6.45, 7) is 6.70. The van der Waals surface area contributed by atoms with Gasteiger partial charge < -0.3 is 14.7 Å². The summed E-state index contributed by atoms with van der Waals surface area (Å²) in [6, 6.07) is 15.9. The van der Waals surface area contributed by atoms with E-state index in [1.165, 1.54) is 0 Å². The van der Waals surface area contributed by atoms with Crippen molar-refractivity contribution >= 4 is 17.3 Å². The van der Waals surface area contributed by atoms with Crippen molar-refractivity contribution in [2.24, 2.45) is 0 Å². The van der Waals surface area contributed by atoms with Gasteiger partial charge in [0.15, 0.2) is 0 Å². The Morgan fingerprint density at radius 3 is 2.56 bits per heavy atom. The van der Waals surface area contributed by atoms with E-state index in [1.54, 1.807) is 0 Å². The van der Waals surface area contributed by atoms with E-state index in [0.29, 0.717) is 13.2 Å². The van der Waals surface area contributed by atoms with E-state index >= 15 is 0 Å². The Morgan fingerprint density at radius 2 is 1.84 bits per heavy atom. The number of benzene rings is 2. The van der Waals surface area contributed by atoms with Gasteiger partial charge in [-0.05, 0) is 42.8 Å². The number of hydrogen-bond acceptors (Lipinski definition) is 4. The average Bonchev–Trinajstić information content (AvgIpc) is 2.61. The molecule has 0 unspecified atom stereocenters. The summed E-state index contributed by atoms with van der Waals surface area (Å²) in [5, 5.41) is 11.0. The third kappa shape index (κ3) is 5.36. The van der Waals surface area contributed by atoms with Crippen LogP contribution in [-0.2, 0) is 0 Å². The molecule has 1 aliphatic rings. The number of anilines is 1. The molecule has 2 aromatic rings. The topological polar surface area (TPSA) is 35.9 Å². The van der Waals surface area contributed by atoms with Gasteiger partial charge in [-0.1, -0.05) is 29.8 Å². The summed E-state index contributed by atoms with van der Waals surface area (Å²) < 4.78 is 5.69. The molecular formula is C20H25ClN2O2. The molecule has 1 fully saturated rings. The number of aliphatic hydroxyl groups excluding tert-OH is 1. The van der Waals surface area contributed by atoms with E-state index in [2.05, 4.69) is 15.9 Å². The highest BCUT2D eigenvalue weighted by atomic mass is 35.5. The number of aliphatic hydroxyl groups is 1. The van der Waals surface area contributed by atoms with E-state index in [9.17, 15) is 5.11 Å². The van der Waals surface area contributed by atoms with Crippen LogP contribution in [0.2, 0.25) is 5.02 Å². The zero-order chi connectivity index (χ0) is 17.6. The Morgan fingerprint density at radius 1 is 1.08 bits per heavy atom. The van der Waals surface area contributed by atoms with Crippen molar-refractivity contribution in [3.05, 3.63) is 59.1 Å². The van der Waals surface area contributed by atoms with E-state index in [1.807, 2.05) is 49.4 Å². The van der Waals surface area contributed by atoms with Crippen molar-refractivity contribution in [3.63, 3.8) is 0 Å². The van der Waals surface area contributed by atoms with Gasteiger partial charge in [0, 0.05) is 43.4 Å². The zero-order valence-electron chi connectivity index (χ0n) is 14.6. The molecule has 0 bridgehead atoms. The van der Waals surface area contributed by atoms with E-state index in [4.69, 9.17) is 16.3 Å². The first-order chi connectivity index (χ1) is 12.1. The standard InChI is InChI=1S/C20H25ClN2O2/c1-16-4-2-7-20(12-16)25-15-19(24)14-22-8-10-23(11-9-22)18-6-3-5-17(21)13-18/h2-7,12-13,19,24H,8-11,14-15H2,1H3/t19-/m0/s1. The van der Waals surface area contributed by atoms with Crippen LogP contribution in [-0.4, -0.2) is 55.4 Å². The van der Waals surface area contributed by atoms with Crippen molar-refractivity contribution in [3.8, 4) is 5.75 Å². The molecule has 1 heterocycles. The normalized spacial score (nSPS) is 16.7. The van der Waals surface area contributed by atoms with E-state index in [-0.39, 0.29) is 0 Å². The van der Waals surface area contributed by atoms with E-state index in [0.717, 1.165) is 48.2 Å². The molecule has 0 aliphatic carbocycles. The number of halogens is 1. The number of rotatable bonds is 6. The van der Waals surface area contributed by atoms with Gasteiger partial charge in [-0.15, -0.1) is 0 Å². The third-order valence-electron chi connectivity index (χ3n) is 4.45. The molecule has 2 aromatic carbocycles. The number of β-amino-alcohol motifs (C(OH)–C–C–N with tert-alkyl or cyclic N) is 1. The van der Waals surface area contributed by atoms with Crippen molar-refractivity contribution in [1.29, 1.82) is 0 Å². The zero-order valence-corrected chi connectivity index (χ0v) is 15.3. The largest absolute Gasteiger partial charge is 0.491 e. The maximum atomic E-state index is 10.3. The molecule has 1 saturated heterocycles. The summed E-state index contributed by atoms with van der Waals surface area (Å²) in [7, 11) is 0. The minimum absolute atomic E-state index is 0.317. The highest BCUT2D eigenvalue weighted by Gasteiger charge is 2.20. The molecule has 0 aromatic heterocycles. The predicted molar refractivity (Wildman–Crippen MR) is 103 cm³/mol. The fourth-order valence-electron chi connectivity index (χ4n) is 3.11. The summed E-state index contributed by atoms with van der Waals surface area (Å²) in [6.07, 6.45) is -0.488. The van der Waals surface area contributed by atoms with Gasteiger partial charge in [-0.25, -0.2) is 0 Å². The number of hydrogen-bond donors (Lipinski definition) is 1. The molecule has 1 N–H and O–H groups in total. The van der Waals surface area contributed by atoms with Crippen molar-refractivity contribution in [2.75, 3.05) is 44.2 Å². The second-order valence-corrected chi connectivity index (χ2v) is 6.99. The first-order valence-corrected chi connectivity index (χ1v) is 9.08. The van der Waals surface area contributed by atoms with Crippen molar-refractivity contribution in [1.82, 2.24) is 4.90 Å². The van der Waals surface area contributed by atoms with Gasteiger partial charge in [0.25, 0.3) is 0 Å². The fourth-order valence-corrected chi connectivity index (χ4v) is 3.29. The molecule has 25 heavy (non-hydrogen) atoms. The molecule has 1 aliphatic heterocycles. The average molecular weight is 361 g/mol. The molecule has 4 nitrogen and oxygen atoms in total. The molecule has 0 amide bonds. The van der Waals surface area contributed by atoms with Crippen LogP contribution in [0.25, 0.3) is 0 Å². The van der Waals surface area contributed by atoms with Crippen LogP contribution in [0.1, 0.15) is 5.56 Å². The first kappa shape index (κ1) is 18.1. The summed E-state index contributed by atoms with van der Waals surface area (Å²) >= 11 is 6.07. The molecule has 1 atom stereocenters. The lowest BCUT2D eigenvalue weighted by atomic mass is 10.2. The SMILES string of the molecule is Cc1cccc(OC[C@@H](O)CN2CCN(c3cccc(Cl)c3)CC2)c1. The van der Waals surface area contributed by atoms with Gasteiger partial charge in [0.1, 0.15) is 18.5 Å². The Bertz CT molecular complexity index is 687. The van der Waals surface area contributed by atoms with Crippen LogP contribution in [0.15, 0.2) is 48.5 Å². The second kappa shape index (κ2) is 8.56.